The standard InChI is InChI=1S/C21H33N5O2/c1-15(2)24-10-12-25(13-11-24)18-6-8-26(9-7-18)21(28)23-17-4-5-19(20(22)27)16(3)14-17/h4-5,14-15,18H,6-13H2,1-3H3,(H2,22,27)(H,23,28). The number of nitrogens with two attached hydrogens (primary N) is 1. The number of likely N-dealkylation sites (tertiary alicyclic amines) is 1. The molecule has 0 saturated carbocycles. The van der Waals surface area contributed by atoms with Crippen molar-refractivity contribution >= 4 is 17.6 Å². The second-order valence-electron chi connectivity index (χ2n) is 8.21. The van der Waals surface area contributed by atoms with Crippen LogP contribution in [0.3, 0.4) is 0 Å². The van der Waals surface area contributed by atoms with Crippen molar-refractivity contribution in [3.8, 4) is 0 Å². The minimum absolute atomic E-state index is 0.0747. The molecule has 0 radical (unpaired) electrons. The van der Waals surface area contributed by atoms with Crippen molar-refractivity contribution in [1.29, 1.82) is 0 Å². The van der Waals surface area contributed by atoms with Gasteiger partial charge in [0.2, 0.25) is 5.91 Å². The van der Waals surface area contributed by atoms with Gasteiger partial charge in [-0.05, 0) is 57.4 Å². The van der Waals surface area contributed by atoms with Crippen LogP contribution in [0.5, 0.6) is 0 Å². The normalized spacial score (nSPS) is 19.8. The van der Waals surface area contributed by atoms with Crippen LogP contribution in [-0.2, 0) is 0 Å². The fourth-order valence-corrected chi connectivity index (χ4v) is 4.27. The van der Waals surface area contributed by atoms with Gasteiger partial charge in [-0.25, -0.2) is 4.79 Å². The van der Waals surface area contributed by atoms with Gasteiger partial charge in [0.05, 0.1) is 0 Å². The van der Waals surface area contributed by atoms with E-state index in [2.05, 4.69) is 29.0 Å². The number of nitrogens with one attached hydrogen (secondary N) is 1. The number of anilines is 1. The molecule has 1 aromatic rings. The van der Waals surface area contributed by atoms with Crippen LogP contribution in [0.1, 0.15) is 42.6 Å². The van der Waals surface area contributed by atoms with Crippen LogP contribution in [-0.4, -0.2) is 78.0 Å². The number of nitrogens with zero attached hydrogens (tertiary/aromatic N) is 3. The first-order valence-electron chi connectivity index (χ1n) is 10.3. The van der Waals surface area contributed by atoms with Gasteiger partial charge in [0.1, 0.15) is 0 Å². The number of rotatable bonds is 4. The minimum Gasteiger partial charge on any atom is -0.366 e. The van der Waals surface area contributed by atoms with E-state index in [0.717, 1.165) is 57.7 Å². The van der Waals surface area contributed by atoms with Crippen molar-refractivity contribution in [3.63, 3.8) is 0 Å². The molecular formula is C21H33N5O2. The van der Waals surface area contributed by atoms with E-state index < -0.39 is 5.91 Å². The molecule has 2 fully saturated rings. The summed E-state index contributed by atoms with van der Waals surface area (Å²) >= 11 is 0. The highest BCUT2D eigenvalue weighted by atomic mass is 16.2. The Labute approximate surface area is 167 Å². The fraction of sp³-hybridized carbons (Fsp3) is 0.619. The molecule has 0 atom stereocenters. The largest absolute Gasteiger partial charge is 0.366 e. The first kappa shape index (κ1) is 20.6. The van der Waals surface area contributed by atoms with E-state index in [1.54, 1.807) is 18.2 Å². The molecule has 28 heavy (non-hydrogen) atoms. The Morgan fingerprint density at radius 3 is 2.25 bits per heavy atom. The average Bonchev–Trinajstić information content (AvgIpc) is 2.68. The molecule has 0 bridgehead atoms. The van der Waals surface area contributed by atoms with Crippen LogP contribution in [0.4, 0.5) is 10.5 Å². The Bertz CT molecular complexity index is 705. The number of hydrogen-bond acceptors (Lipinski definition) is 4. The Morgan fingerprint density at radius 2 is 1.71 bits per heavy atom. The second kappa shape index (κ2) is 8.92. The van der Waals surface area contributed by atoms with Crippen LogP contribution < -0.4 is 11.1 Å². The predicted octanol–water partition coefficient (Wildman–Crippen LogP) is 2.12. The third-order valence-corrected chi connectivity index (χ3v) is 6.09. The predicted molar refractivity (Wildman–Crippen MR) is 112 cm³/mol. The molecule has 3 rings (SSSR count). The second-order valence-corrected chi connectivity index (χ2v) is 8.21. The summed E-state index contributed by atoms with van der Waals surface area (Å²) in [5.74, 6) is -0.452. The number of aryl methyl sites for hydroxylation is 1. The first-order chi connectivity index (χ1) is 13.3. The fourth-order valence-electron chi connectivity index (χ4n) is 4.27. The number of hydrogen-bond donors (Lipinski definition) is 2. The lowest BCUT2D eigenvalue weighted by Gasteiger charge is -2.43. The molecule has 2 aliphatic rings. The molecule has 0 unspecified atom stereocenters. The van der Waals surface area contributed by atoms with Crippen LogP contribution in [0.25, 0.3) is 0 Å². The number of amides is 3. The Kier molecular flexibility index (Phi) is 6.57. The molecule has 0 spiro atoms. The van der Waals surface area contributed by atoms with Gasteiger partial charge in [-0.1, -0.05) is 0 Å². The van der Waals surface area contributed by atoms with Gasteiger partial charge in [-0.15, -0.1) is 0 Å². The van der Waals surface area contributed by atoms with Gasteiger partial charge < -0.3 is 16.0 Å². The highest BCUT2D eigenvalue weighted by Crippen LogP contribution is 2.21. The van der Waals surface area contributed by atoms with Gasteiger partial charge in [0.25, 0.3) is 0 Å². The maximum atomic E-state index is 12.6. The summed E-state index contributed by atoms with van der Waals surface area (Å²) in [5.41, 5.74) is 7.28. The van der Waals surface area contributed by atoms with E-state index in [-0.39, 0.29) is 6.03 Å². The quantitative estimate of drug-likeness (QED) is 0.829. The van der Waals surface area contributed by atoms with Crippen LogP contribution in [0.2, 0.25) is 0 Å². The number of primary amides is 1. The third kappa shape index (κ3) is 4.83. The molecular weight excluding hydrogens is 354 g/mol. The monoisotopic (exact) mass is 387 g/mol. The lowest BCUT2D eigenvalue weighted by molar-refractivity contribution is 0.0548. The maximum Gasteiger partial charge on any atom is 0.321 e. The molecule has 7 nitrogen and oxygen atoms in total. The number of urea groups is 1. The molecule has 2 saturated heterocycles. The molecule has 3 amide bonds. The van der Waals surface area contributed by atoms with Gasteiger partial charge in [-0.3, -0.25) is 14.6 Å². The van der Waals surface area contributed by atoms with Crippen molar-refractivity contribution in [2.75, 3.05) is 44.6 Å². The van der Waals surface area contributed by atoms with Gasteiger partial charge in [-0.2, -0.15) is 0 Å². The van der Waals surface area contributed by atoms with Crippen molar-refractivity contribution < 1.29 is 9.59 Å². The number of piperazine rings is 1. The van der Waals surface area contributed by atoms with E-state index in [1.807, 2.05) is 11.8 Å². The summed E-state index contributed by atoms with van der Waals surface area (Å²) in [6, 6.07) is 6.31. The Hall–Kier alpha value is -2.12. The molecule has 2 aliphatic heterocycles. The van der Waals surface area contributed by atoms with E-state index >= 15 is 0 Å². The van der Waals surface area contributed by atoms with Gasteiger partial charge in [0, 0.05) is 62.6 Å². The Morgan fingerprint density at radius 1 is 1.07 bits per heavy atom. The summed E-state index contributed by atoms with van der Waals surface area (Å²) in [5, 5.41) is 2.95. The number of carbonyl (C=O) groups excluding carboxylic acids is 2. The molecule has 0 aromatic heterocycles. The third-order valence-electron chi connectivity index (χ3n) is 6.09. The summed E-state index contributed by atoms with van der Waals surface area (Å²) in [7, 11) is 0. The first-order valence-corrected chi connectivity index (χ1v) is 10.3. The molecule has 2 heterocycles. The topological polar surface area (TPSA) is 81.9 Å². The Balaban J connectivity index is 1.48. The zero-order valence-corrected chi connectivity index (χ0v) is 17.3. The number of carbonyl (C=O) groups is 2. The zero-order valence-electron chi connectivity index (χ0n) is 17.3. The smallest absolute Gasteiger partial charge is 0.321 e. The van der Waals surface area contributed by atoms with E-state index in [1.165, 1.54) is 0 Å². The maximum absolute atomic E-state index is 12.6. The summed E-state index contributed by atoms with van der Waals surface area (Å²) in [4.78, 5) is 31.0. The van der Waals surface area contributed by atoms with Crippen LogP contribution in [0, 0.1) is 6.92 Å². The minimum atomic E-state index is -0.452. The van der Waals surface area contributed by atoms with Crippen molar-refractivity contribution in [3.05, 3.63) is 29.3 Å². The molecule has 1 aromatic carbocycles. The number of benzene rings is 1. The van der Waals surface area contributed by atoms with Crippen LogP contribution in [0.15, 0.2) is 18.2 Å². The highest BCUT2D eigenvalue weighted by Gasteiger charge is 2.29. The zero-order chi connectivity index (χ0) is 20.3. The lowest BCUT2D eigenvalue weighted by Crippen LogP contribution is -2.55. The van der Waals surface area contributed by atoms with Crippen molar-refractivity contribution in [2.45, 2.75) is 45.7 Å². The summed E-state index contributed by atoms with van der Waals surface area (Å²) in [6.45, 7) is 12.4. The van der Waals surface area contributed by atoms with Crippen molar-refractivity contribution in [2.24, 2.45) is 5.73 Å². The van der Waals surface area contributed by atoms with E-state index in [4.69, 9.17) is 5.73 Å². The SMILES string of the molecule is Cc1cc(NC(=O)N2CCC(N3CCN(C(C)C)CC3)CC2)ccc1C(N)=O. The molecule has 0 aliphatic carbocycles. The van der Waals surface area contributed by atoms with Gasteiger partial charge in [0.15, 0.2) is 0 Å². The lowest BCUT2D eigenvalue weighted by atomic mass is 10.0. The molecule has 3 N–H and O–H groups in total. The summed E-state index contributed by atoms with van der Waals surface area (Å²) < 4.78 is 0. The molecule has 154 valence electrons. The molecule has 7 heteroatoms. The number of piperidine rings is 1. The summed E-state index contributed by atoms with van der Waals surface area (Å²) in [6.07, 6.45) is 2.05. The van der Waals surface area contributed by atoms with Crippen LogP contribution >= 0.6 is 0 Å². The van der Waals surface area contributed by atoms with E-state index in [9.17, 15) is 9.59 Å². The van der Waals surface area contributed by atoms with Gasteiger partial charge >= 0.3 is 6.03 Å². The average molecular weight is 388 g/mol. The highest BCUT2D eigenvalue weighted by molar-refractivity contribution is 5.96. The van der Waals surface area contributed by atoms with Crippen molar-refractivity contribution in [1.82, 2.24) is 14.7 Å². The van der Waals surface area contributed by atoms with E-state index in [0.29, 0.717) is 23.3 Å².